The van der Waals surface area contributed by atoms with Gasteiger partial charge in [0.1, 0.15) is 0 Å². The molecule has 2 aliphatic rings. The maximum absolute atomic E-state index is 12.6. The molecule has 1 aliphatic carbocycles. The molecule has 1 fully saturated rings. The molecule has 1 heterocycles. The van der Waals surface area contributed by atoms with E-state index in [1.165, 1.54) is 25.7 Å². The fourth-order valence-corrected chi connectivity index (χ4v) is 4.07. The summed E-state index contributed by atoms with van der Waals surface area (Å²) >= 11 is 0. The van der Waals surface area contributed by atoms with Crippen molar-refractivity contribution in [3.63, 3.8) is 0 Å². The van der Waals surface area contributed by atoms with Crippen LogP contribution in [0.25, 0.3) is 0 Å². The number of nitrogens with one attached hydrogen (secondary N) is 2. The number of fused-ring (bicyclic) bond motifs is 1. The second-order valence-corrected chi connectivity index (χ2v) is 7.82. The Kier molecular flexibility index (Phi) is 5.48. The molecule has 6 heteroatoms. The topological polar surface area (TPSA) is 85.2 Å². The second kappa shape index (κ2) is 8.36. The van der Waals surface area contributed by atoms with E-state index >= 15 is 0 Å². The van der Waals surface area contributed by atoms with Crippen molar-refractivity contribution in [2.24, 2.45) is 5.92 Å². The molecule has 0 saturated heterocycles. The molecule has 29 heavy (non-hydrogen) atoms. The average molecular weight is 388 g/mol. The van der Waals surface area contributed by atoms with Crippen LogP contribution in [0.3, 0.4) is 0 Å². The lowest BCUT2D eigenvalue weighted by Crippen LogP contribution is -2.30. The number of amides is 3. The van der Waals surface area contributed by atoms with Gasteiger partial charge in [0.05, 0.1) is 11.6 Å². The molecule has 0 atom stereocenters. The number of benzene rings is 2. The maximum Gasteiger partial charge on any atom is 0.322 e. The molecule has 148 valence electrons. The van der Waals surface area contributed by atoms with Crippen LogP contribution in [0.5, 0.6) is 0 Å². The lowest BCUT2D eigenvalue weighted by Gasteiger charge is -2.16. The van der Waals surface area contributed by atoms with Crippen molar-refractivity contribution in [3.8, 4) is 6.07 Å². The smallest absolute Gasteiger partial charge is 0.322 e. The van der Waals surface area contributed by atoms with Crippen molar-refractivity contribution in [1.29, 1.82) is 5.26 Å². The predicted molar refractivity (Wildman–Crippen MR) is 110 cm³/mol. The molecule has 1 saturated carbocycles. The number of rotatable bonds is 4. The van der Waals surface area contributed by atoms with E-state index in [-0.39, 0.29) is 11.9 Å². The number of nitriles is 1. The Morgan fingerprint density at radius 1 is 1.03 bits per heavy atom. The summed E-state index contributed by atoms with van der Waals surface area (Å²) in [4.78, 5) is 26.6. The van der Waals surface area contributed by atoms with Crippen LogP contribution in [0.4, 0.5) is 10.5 Å². The molecule has 3 amide bonds. The number of hydrogen-bond donors (Lipinski definition) is 2. The molecule has 2 aromatic rings. The highest BCUT2D eigenvalue weighted by atomic mass is 16.2. The van der Waals surface area contributed by atoms with Crippen molar-refractivity contribution < 1.29 is 9.59 Å². The van der Waals surface area contributed by atoms with Gasteiger partial charge >= 0.3 is 6.03 Å². The van der Waals surface area contributed by atoms with Crippen molar-refractivity contribution in [2.45, 2.75) is 38.8 Å². The Labute approximate surface area is 170 Å². The number of anilines is 1. The summed E-state index contributed by atoms with van der Waals surface area (Å²) in [6.07, 6.45) is 4.92. The van der Waals surface area contributed by atoms with Crippen LogP contribution in [-0.4, -0.2) is 23.4 Å². The van der Waals surface area contributed by atoms with E-state index in [1.807, 2.05) is 12.1 Å². The summed E-state index contributed by atoms with van der Waals surface area (Å²) in [7, 11) is 0. The predicted octanol–water partition coefficient (Wildman–Crippen LogP) is 4.03. The van der Waals surface area contributed by atoms with Crippen molar-refractivity contribution in [1.82, 2.24) is 10.2 Å². The molecular weight excluding hydrogens is 364 g/mol. The van der Waals surface area contributed by atoms with Gasteiger partial charge in [0.2, 0.25) is 0 Å². The molecule has 2 N–H and O–H groups in total. The summed E-state index contributed by atoms with van der Waals surface area (Å²) < 4.78 is 0. The standard InChI is InChI=1S/C23H24N4O2/c24-12-17-5-6-19-14-27(15-20(19)11-17)23(29)26-21-9-7-18(8-10-21)22(28)25-13-16-3-1-2-4-16/h5-11,16H,1-4,13-15H2,(H,25,28)(H,26,29). The van der Waals surface area contributed by atoms with Gasteiger partial charge < -0.3 is 15.5 Å². The first-order chi connectivity index (χ1) is 14.1. The summed E-state index contributed by atoms with van der Waals surface area (Å²) in [6.45, 7) is 1.74. The molecule has 0 bridgehead atoms. The summed E-state index contributed by atoms with van der Waals surface area (Å²) in [5.74, 6) is 0.532. The largest absolute Gasteiger partial charge is 0.352 e. The van der Waals surface area contributed by atoms with Gasteiger partial charge in [-0.3, -0.25) is 4.79 Å². The number of carbonyl (C=O) groups is 2. The van der Waals surface area contributed by atoms with E-state index < -0.39 is 0 Å². The van der Waals surface area contributed by atoms with Gasteiger partial charge in [-0.05, 0) is 66.3 Å². The zero-order chi connectivity index (χ0) is 20.2. The van der Waals surface area contributed by atoms with E-state index in [1.54, 1.807) is 35.2 Å². The second-order valence-electron chi connectivity index (χ2n) is 7.82. The van der Waals surface area contributed by atoms with Crippen LogP contribution in [0.15, 0.2) is 42.5 Å². The molecule has 0 radical (unpaired) electrons. The van der Waals surface area contributed by atoms with Crippen molar-refractivity contribution >= 4 is 17.6 Å². The lowest BCUT2D eigenvalue weighted by molar-refractivity contribution is 0.0947. The summed E-state index contributed by atoms with van der Waals surface area (Å²) in [5, 5.41) is 14.9. The molecule has 2 aromatic carbocycles. The molecular formula is C23H24N4O2. The third-order valence-corrected chi connectivity index (χ3v) is 5.77. The number of urea groups is 1. The van der Waals surface area contributed by atoms with E-state index in [2.05, 4.69) is 16.7 Å². The van der Waals surface area contributed by atoms with Gasteiger partial charge in [-0.2, -0.15) is 5.26 Å². The van der Waals surface area contributed by atoms with Crippen molar-refractivity contribution in [3.05, 3.63) is 64.7 Å². The van der Waals surface area contributed by atoms with E-state index in [0.29, 0.717) is 35.8 Å². The number of carbonyl (C=O) groups excluding carboxylic acids is 2. The minimum absolute atomic E-state index is 0.0712. The van der Waals surface area contributed by atoms with Crippen LogP contribution in [0, 0.1) is 17.2 Å². The molecule has 0 unspecified atom stereocenters. The summed E-state index contributed by atoms with van der Waals surface area (Å²) in [6, 6.07) is 14.4. The Bertz CT molecular complexity index is 956. The van der Waals surface area contributed by atoms with E-state index in [9.17, 15) is 9.59 Å². The molecule has 1 aliphatic heterocycles. The monoisotopic (exact) mass is 388 g/mol. The summed E-state index contributed by atoms with van der Waals surface area (Å²) in [5.41, 5.74) is 3.92. The van der Waals surface area contributed by atoms with Gasteiger partial charge in [0.25, 0.3) is 5.91 Å². The zero-order valence-electron chi connectivity index (χ0n) is 16.3. The number of hydrogen-bond acceptors (Lipinski definition) is 3. The first kappa shape index (κ1) is 19.0. The van der Waals surface area contributed by atoms with Crippen LogP contribution in [0.1, 0.15) is 52.7 Å². The molecule has 0 aromatic heterocycles. The van der Waals surface area contributed by atoms with Crippen LogP contribution in [0.2, 0.25) is 0 Å². The number of nitrogens with zero attached hydrogens (tertiary/aromatic N) is 2. The first-order valence-corrected chi connectivity index (χ1v) is 10.1. The molecule has 4 rings (SSSR count). The van der Waals surface area contributed by atoms with E-state index in [0.717, 1.165) is 17.7 Å². The Morgan fingerprint density at radius 2 is 1.76 bits per heavy atom. The van der Waals surface area contributed by atoms with Gasteiger partial charge in [0, 0.05) is 30.9 Å². The molecule has 0 spiro atoms. The zero-order valence-corrected chi connectivity index (χ0v) is 16.3. The van der Waals surface area contributed by atoms with Gasteiger partial charge in [-0.15, -0.1) is 0 Å². The Morgan fingerprint density at radius 3 is 2.48 bits per heavy atom. The third kappa shape index (κ3) is 4.40. The highest BCUT2D eigenvalue weighted by Gasteiger charge is 2.23. The lowest BCUT2D eigenvalue weighted by atomic mass is 10.1. The fourth-order valence-electron chi connectivity index (χ4n) is 4.07. The third-order valence-electron chi connectivity index (χ3n) is 5.77. The Hall–Kier alpha value is -3.33. The van der Waals surface area contributed by atoms with Crippen LogP contribution in [-0.2, 0) is 13.1 Å². The normalized spacial score (nSPS) is 15.6. The SMILES string of the molecule is N#Cc1ccc2c(c1)CN(C(=O)Nc1ccc(C(=O)NCC3CCCC3)cc1)C2. The van der Waals surface area contributed by atoms with Crippen molar-refractivity contribution in [2.75, 3.05) is 11.9 Å². The maximum atomic E-state index is 12.6. The van der Waals surface area contributed by atoms with Gasteiger partial charge in [-0.1, -0.05) is 18.9 Å². The van der Waals surface area contributed by atoms with Gasteiger partial charge in [-0.25, -0.2) is 4.79 Å². The first-order valence-electron chi connectivity index (χ1n) is 10.1. The van der Waals surface area contributed by atoms with E-state index in [4.69, 9.17) is 5.26 Å². The molecule has 6 nitrogen and oxygen atoms in total. The quantitative estimate of drug-likeness (QED) is 0.829. The minimum atomic E-state index is -0.196. The highest BCUT2D eigenvalue weighted by Crippen LogP contribution is 2.25. The highest BCUT2D eigenvalue weighted by molar-refractivity contribution is 5.95. The van der Waals surface area contributed by atoms with Gasteiger partial charge in [0.15, 0.2) is 0 Å². The fraction of sp³-hybridized carbons (Fsp3) is 0.348. The Balaban J connectivity index is 1.31. The van der Waals surface area contributed by atoms with Crippen LogP contribution < -0.4 is 10.6 Å². The average Bonchev–Trinajstić information content (AvgIpc) is 3.41. The van der Waals surface area contributed by atoms with Crippen LogP contribution >= 0.6 is 0 Å². The minimum Gasteiger partial charge on any atom is -0.352 e.